The Balaban J connectivity index is 1.90. The number of benzene rings is 1. The van der Waals surface area contributed by atoms with Gasteiger partial charge in [0, 0.05) is 12.1 Å². The summed E-state index contributed by atoms with van der Waals surface area (Å²) in [6.07, 6.45) is 5.28. The van der Waals surface area contributed by atoms with Crippen LogP contribution in [0.2, 0.25) is 0 Å². The molecule has 0 aromatic heterocycles. The molecule has 0 aliphatic heterocycles. The maximum absolute atomic E-state index is 12.9. The summed E-state index contributed by atoms with van der Waals surface area (Å²) in [5, 5.41) is 2.75. The second-order valence-electron chi connectivity index (χ2n) is 4.64. The van der Waals surface area contributed by atoms with E-state index in [2.05, 4.69) is 5.32 Å². The fourth-order valence-corrected chi connectivity index (χ4v) is 2.31. The molecule has 0 bridgehead atoms. The SMILES string of the molecule is Nc1cc(NC(=O)CC2CCCC2)ccc1F. The molecule has 0 unspecified atom stereocenters. The molecule has 92 valence electrons. The van der Waals surface area contributed by atoms with Crippen LogP contribution in [0.4, 0.5) is 15.8 Å². The van der Waals surface area contributed by atoms with E-state index >= 15 is 0 Å². The number of rotatable bonds is 3. The molecule has 0 atom stereocenters. The monoisotopic (exact) mass is 236 g/mol. The summed E-state index contributed by atoms with van der Waals surface area (Å²) in [4.78, 5) is 11.7. The number of carbonyl (C=O) groups is 1. The molecule has 0 spiro atoms. The molecule has 17 heavy (non-hydrogen) atoms. The van der Waals surface area contributed by atoms with Gasteiger partial charge in [0.2, 0.25) is 5.91 Å². The predicted molar refractivity (Wildman–Crippen MR) is 66.0 cm³/mol. The Labute approximate surface area is 100 Å². The maximum atomic E-state index is 12.9. The Kier molecular flexibility index (Phi) is 3.61. The van der Waals surface area contributed by atoms with Gasteiger partial charge >= 0.3 is 0 Å². The fourth-order valence-electron chi connectivity index (χ4n) is 2.31. The topological polar surface area (TPSA) is 55.1 Å². The quantitative estimate of drug-likeness (QED) is 0.793. The number of nitrogen functional groups attached to an aromatic ring is 1. The van der Waals surface area contributed by atoms with E-state index in [0.29, 0.717) is 18.0 Å². The van der Waals surface area contributed by atoms with Gasteiger partial charge in [-0.15, -0.1) is 0 Å². The first-order valence-corrected chi connectivity index (χ1v) is 6.00. The summed E-state index contributed by atoms with van der Waals surface area (Å²) >= 11 is 0. The smallest absolute Gasteiger partial charge is 0.224 e. The Bertz CT molecular complexity index is 414. The molecule has 0 radical (unpaired) electrons. The minimum Gasteiger partial charge on any atom is -0.396 e. The molecule has 1 saturated carbocycles. The van der Waals surface area contributed by atoms with E-state index in [1.807, 2.05) is 0 Å². The second-order valence-corrected chi connectivity index (χ2v) is 4.64. The average molecular weight is 236 g/mol. The van der Waals surface area contributed by atoms with Gasteiger partial charge in [-0.05, 0) is 37.0 Å². The standard InChI is InChI=1S/C13H17FN2O/c14-11-6-5-10(8-12(11)15)16-13(17)7-9-3-1-2-4-9/h5-6,8-9H,1-4,7,15H2,(H,16,17). The first-order chi connectivity index (χ1) is 8.15. The minimum atomic E-state index is -0.459. The van der Waals surface area contributed by atoms with Gasteiger partial charge in [0.05, 0.1) is 5.69 Å². The zero-order valence-electron chi connectivity index (χ0n) is 9.71. The molecule has 1 fully saturated rings. The fraction of sp³-hybridized carbons (Fsp3) is 0.462. The van der Waals surface area contributed by atoms with Gasteiger partial charge in [-0.3, -0.25) is 4.79 Å². The van der Waals surface area contributed by atoms with E-state index in [0.717, 1.165) is 12.8 Å². The molecule has 1 aromatic carbocycles. The lowest BCUT2D eigenvalue weighted by atomic mass is 10.0. The number of hydrogen-bond acceptors (Lipinski definition) is 2. The Morgan fingerprint density at radius 1 is 1.41 bits per heavy atom. The summed E-state index contributed by atoms with van der Waals surface area (Å²) < 4.78 is 12.9. The van der Waals surface area contributed by atoms with Crippen molar-refractivity contribution in [2.75, 3.05) is 11.1 Å². The molecule has 3 N–H and O–H groups in total. The molecular formula is C13H17FN2O. The van der Waals surface area contributed by atoms with Gasteiger partial charge < -0.3 is 11.1 Å². The summed E-state index contributed by atoms with van der Waals surface area (Å²) in [6, 6.07) is 4.24. The molecule has 3 nitrogen and oxygen atoms in total. The number of nitrogens with one attached hydrogen (secondary N) is 1. The van der Waals surface area contributed by atoms with E-state index in [-0.39, 0.29) is 11.6 Å². The van der Waals surface area contributed by atoms with Crippen molar-refractivity contribution in [2.45, 2.75) is 32.1 Å². The van der Waals surface area contributed by atoms with Gasteiger partial charge in [0.1, 0.15) is 5.82 Å². The van der Waals surface area contributed by atoms with Crippen LogP contribution < -0.4 is 11.1 Å². The van der Waals surface area contributed by atoms with Gasteiger partial charge in [-0.1, -0.05) is 12.8 Å². The van der Waals surface area contributed by atoms with Crippen LogP contribution in [0.15, 0.2) is 18.2 Å². The van der Waals surface area contributed by atoms with Crippen molar-refractivity contribution in [1.82, 2.24) is 0 Å². The number of anilines is 2. The highest BCUT2D eigenvalue weighted by atomic mass is 19.1. The summed E-state index contributed by atoms with van der Waals surface area (Å²) in [7, 11) is 0. The number of carbonyl (C=O) groups excluding carboxylic acids is 1. The molecule has 1 aromatic rings. The first-order valence-electron chi connectivity index (χ1n) is 6.00. The van der Waals surface area contributed by atoms with Gasteiger partial charge in [0.25, 0.3) is 0 Å². The van der Waals surface area contributed by atoms with Gasteiger partial charge in [0.15, 0.2) is 0 Å². The molecule has 4 heteroatoms. The lowest BCUT2D eigenvalue weighted by molar-refractivity contribution is -0.117. The van der Waals surface area contributed by atoms with Crippen LogP contribution in [0.25, 0.3) is 0 Å². The van der Waals surface area contributed by atoms with Crippen molar-refractivity contribution in [3.8, 4) is 0 Å². The molecule has 0 saturated heterocycles. The van der Waals surface area contributed by atoms with E-state index in [4.69, 9.17) is 5.73 Å². The maximum Gasteiger partial charge on any atom is 0.224 e. The van der Waals surface area contributed by atoms with E-state index in [1.165, 1.54) is 31.0 Å². The summed E-state index contributed by atoms with van der Waals surface area (Å²) in [5.41, 5.74) is 6.05. The average Bonchev–Trinajstić information content (AvgIpc) is 2.76. The van der Waals surface area contributed by atoms with Gasteiger partial charge in [-0.25, -0.2) is 4.39 Å². The van der Waals surface area contributed by atoms with Gasteiger partial charge in [-0.2, -0.15) is 0 Å². The van der Waals surface area contributed by atoms with Crippen molar-refractivity contribution < 1.29 is 9.18 Å². The molecule has 2 rings (SSSR count). The van der Waals surface area contributed by atoms with Crippen molar-refractivity contribution >= 4 is 17.3 Å². The van der Waals surface area contributed by atoms with Crippen molar-refractivity contribution in [3.63, 3.8) is 0 Å². The van der Waals surface area contributed by atoms with Crippen LogP contribution in [0.5, 0.6) is 0 Å². The Morgan fingerprint density at radius 2 is 2.12 bits per heavy atom. The number of halogens is 1. The highest BCUT2D eigenvalue weighted by Gasteiger charge is 2.18. The normalized spacial score (nSPS) is 16.1. The third-order valence-electron chi connectivity index (χ3n) is 3.23. The lowest BCUT2D eigenvalue weighted by Crippen LogP contribution is -2.15. The molecule has 1 aliphatic carbocycles. The summed E-state index contributed by atoms with van der Waals surface area (Å²) in [5.74, 6) is 0.0366. The van der Waals surface area contributed by atoms with Crippen LogP contribution >= 0.6 is 0 Å². The van der Waals surface area contributed by atoms with Crippen molar-refractivity contribution in [1.29, 1.82) is 0 Å². The Hall–Kier alpha value is -1.58. The molecular weight excluding hydrogens is 219 g/mol. The number of hydrogen-bond donors (Lipinski definition) is 2. The first kappa shape index (κ1) is 11.9. The van der Waals surface area contributed by atoms with Crippen LogP contribution in [-0.2, 0) is 4.79 Å². The Morgan fingerprint density at radius 3 is 2.76 bits per heavy atom. The number of nitrogens with two attached hydrogens (primary N) is 1. The van der Waals surface area contributed by atoms with Crippen LogP contribution in [0, 0.1) is 11.7 Å². The highest BCUT2D eigenvalue weighted by Crippen LogP contribution is 2.28. The van der Waals surface area contributed by atoms with Crippen LogP contribution in [0.3, 0.4) is 0 Å². The summed E-state index contributed by atoms with van der Waals surface area (Å²) in [6.45, 7) is 0. The highest BCUT2D eigenvalue weighted by molar-refractivity contribution is 5.91. The predicted octanol–water partition coefficient (Wildman–Crippen LogP) is 2.93. The molecule has 1 amide bonds. The number of amides is 1. The third kappa shape index (κ3) is 3.19. The van der Waals surface area contributed by atoms with Crippen LogP contribution in [-0.4, -0.2) is 5.91 Å². The minimum absolute atomic E-state index is 0.0112. The van der Waals surface area contributed by atoms with Crippen molar-refractivity contribution in [3.05, 3.63) is 24.0 Å². The second kappa shape index (κ2) is 5.17. The third-order valence-corrected chi connectivity index (χ3v) is 3.23. The zero-order valence-corrected chi connectivity index (χ0v) is 9.71. The van der Waals surface area contributed by atoms with E-state index in [1.54, 1.807) is 0 Å². The van der Waals surface area contributed by atoms with E-state index < -0.39 is 5.82 Å². The van der Waals surface area contributed by atoms with Crippen LogP contribution in [0.1, 0.15) is 32.1 Å². The van der Waals surface area contributed by atoms with Crippen molar-refractivity contribution in [2.24, 2.45) is 5.92 Å². The molecule has 1 aliphatic rings. The zero-order chi connectivity index (χ0) is 12.3. The largest absolute Gasteiger partial charge is 0.396 e. The lowest BCUT2D eigenvalue weighted by Gasteiger charge is -2.10. The van der Waals surface area contributed by atoms with E-state index in [9.17, 15) is 9.18 Å². The molecule has 0 heterocycles.